The van der Waals surface area contributed by atoms with E-state index >= 15 is 0 Å². The molecule has 2 N–H and O–H groups in total. The average Bonchev–Trinajstić information content (AvgIpc) is 2.46. The summed E-state index contributed by atoms with van der Waals surface area (Å²) >= 11 is 0. The van der Waals surface area contributed by atoms with Gasteiger partial charge in [-0.15, -0.1) is 0 Å². The molecule has 1 fully saturated rings. The summed E-state index contributed by atoms with van der Waals surface area (Å²) in [5.41, 5.74) is 0. The molecule has 3 nitrogen and oxygen atoms in total. The Morgan fingerprint density at radius 1 is 1.11 bits per heavy atom. The van der Waals surface area contributed by atoms with Crippen LogP contribution < -0.4 is 10.6 Å². The van der Waals surface area contributed by atoms with Crippen LogP contribution in [0, 0.1) is 0 Å². The van der Waals surface area contributed by atoms with Crippen molar-refractivity contribution >= 4 is 0 Å². The van der Waals surface area contributed by atoms with Gasteiger partial charge in [0.15, 0.2) is 12.5 Å². The number of nitrogens with one attached hydrogen (secondary N) is 2. The van der Waals surface area contributed by atoms with Crippen molar-refractivity contribution in [3.63, 3.8) is 0 Å². The normalized spacial score (nSPS) is 44.4. The first-order valence-electron chi connectivity index (χ1n) is 3.24. The highest BCUT2D eigenvalue weighted by Gasteiger charge is 2.37. The minimum absolute atomic E-state index is 0.273. The summed E-state index contributed by atoms with van der Waals surface area (Å²) in [4.78, 5) is 0. The van der Waals surface area contributed by atoms with Gasteiger partial charge in [0, 0.05) is 13.1 Å². The molecule has 2 atom stereocenters. The lowest BCUT2D eigenvalue weighted by atomic mass is 10.4. The molecule has 3 heteroatoms. The maximum Gasteiger partial charge on any atom is 0.150 e. The predicted molar refractivity (Wildman–Crippen MR) is 33.8 cm³/mol. The summed E-state index contributed by atoms with van der Waals surface area (Å²) in [6, 6.07) is 0. The number of fused-ring (bicyclic) bond motifs is 1. The Balaban J connectivity index is 1.91. The number of epoxide rings is 1. The SMILES string of the molecule is C1=C\CNC2OC2NC/1. The Kier molecular flexibility index (Phi) is 1.26. The molecule has 2 aliphatic heterocycles. The third-order valence-corrected chi connectivity index (χ3v) is 1.53. The van der Waals surface area contributed by atoms with E-state index < -0.39 is 0 Å². The lowest BCUT2D eigenvalue weighted by molar-refractivity contribution is 0.336. The number of hydrogen-bond acceptors (Lipinski definition) is 3. The quantitative estimate of drug-likeness (QED) is 0.337. The number of hydrogen-bond donors (Lipinski definition) is 2. The van der Waals surface area contributed by atoms with Crippen molar-refractivity contribution in [1.29, 1.82) is 0 Å². The fourth-order valence-electron chi connectivity index (χ4n) is 0.958. The van der Waals surface area contributed by atoms with Crippen LogP contribution in [-0.4, -0.2) is 25.5 Å². The van der Waals surface area contributed by atoms with Crippen LogP contribution >= 0.6 is 0 Å². The van der Waals surface area contributed by atoms with Crippen molar-refractivity contribution in [2.24, 2.45) is 0 Å². The van der Waals surface area contributed by atoms with E-state index in [-0.39, 0.29) is 12.5 Å². The highest BCUT2D eigenvalue weighted by atomic mass is 16.6. The van der Waals surface area contributed by atoms with Gasteiger partial charge in [0.25, 0.3) is 0 Å². The molecular formula is C6H10N2O. The van der Waals surface area contributed by atoms with Gasteiger partial charge in [-0.25, -0.2) is 0 Å². The highest BCUT2D eigenvalue weighted by Crippen LogP contribution is 2.15. The molecule has 0 aliphatic carbocycles. The van der Waals surface area contributed by atoms with Gasteiger partial charge in [0.1, 0.15) is 0 Å². The van der Waals surface area contributed by atoms with E-state index in [1.54, 1.807) is 0 Å². The van der Waals surface area contributed by atoms with Gasteiger partial charge < -0.3 is 4.74 Å². The van der Waals surface area contributed by atoms with Crippen LogP contribution in [-0.2, 0) is 4.74 Å². The van der Waals surface area contributed by atoms with E-state index in [0.29, 0.717) is 0 Å². The Hall–Kier alpha value is -0.380. The molecule has 0 aromatic carbocycles. The largest absolute Gasteiger partial charge is 0.337 e. The first kappa shape index (κ1) is 5.41. The van der Waals surface area contributed by atoms with Crippen LogP contribution in [0.2, 0.25) is 0 Å². The zero-order valence-electron chi connectivity index (χ0n) is 5.13. The molecule has 0 spiro atoms. The molecule has 0 aromatic rings. The zero-order valence-corrected chi connectivity index (χ0v) is 5.13. The molecule has 0 aromatic heterocycles. The van der Waals surface area contributed by atoms with Gasteiger partial charge >= 0.3 is 0 Å². The Morgan fingerprint density at radius 2 is 1.67 bits per heavy atom. The van der Waals surface area contributed by atoms with Crippen molar-refractivity contribution in [3.8, 4) is 0 Å². The summed E-state index contributed by atoms with van der Waals surface area (Å²) in [5, 5.41) is 6.37. The molecule has 0 saturated carbocycles. The lowest BCUT2D eigenvalue weighted by Gasteiger charge is -2.00. The van der Waals surface area contributed by atoms with Gasteiger partial charge in [-0.05, 0) is 0 Å². The molecule has 2 aliphatic rings. The summed E-state index contributed by atoms with van der Waals surface area (Å²) in [6.45, 7) is 1.87. The average molecular weight is 126 g/mol. The van der Waals surface area contributed by atoms with E-state index in [9.17, 15) is 0 Å². The monoisotopic (exact) mass is 126 g/mol. The summed E-state index contributed by atoms with van der Waals surface area (Å²) in [7, 11) is 0. The van der Waals surface area contributed by atoms with E-state index in [1.165, 1.54) is 0 Å². The molecule has 0 radical (unpaired) electrons. The maximum atomic E-state index is 5.18. The van der Waals surface area contributed by atoms with Crippen molar-refractivity contribution in [1.82, 2.24) is 10.6 Å². The fourth-order valence-corrected chi connectivity index (χ4v) is 0.958. The van der Waals surface area contributed by atoms with E-state index in [0.717, 1.165) is 13.1 Å². The third-order valence-electron chi connectivity index (χ3n) is 1.53. The molecule has 9 heavy (non-hydrogen) atoms. The minimum atomic E-state index is 0.273. The van der Waals surface area contributed by atoms with Crippen LogP contribution in [0.3, 0.4) is 0 Å². The first-order chi connectivity index (χ1) is 4.47. The van der Waals surface area contributed by atoms with Crippen LogP contribution in [0.1, 0.15) is 0 Å². The van der Waals surface area contributed by atoms with Gasteiger partial charge in [0.05, 0.1) is 0 Å². The first-order valence-corrected chi connectivity index (χ1v) is 3.24. The van der Waals surface area contributed by atoms with Crippen molar-refractivity contribution in [2.75, 3.05) is 13.1 Å². The Labute approximate surface area is 54.1 Å². The predicted octanol–water partition coefficient (Wildman–Crippen LogP) is -0.582. The van der Waals surface area contributed by atoms with E-state index in [2.05, 4.69) is 22.8 Å². The smallest absolute Gasteiger partial charge is 0.150 e. The van der Waals surface area contributed by atoms with Gasteiger partial charge in [0.2, 0.25) is 0 Å². The second-order valence-corrected chi connectivity index (χ2v) is 2.27. The van der Waals surface area contributed by atoms with Gasteiger partial charge in [-0.3, -0.25) is 10.6 Å². The molecule has 0 bridgehead atoms. The summed E-state index contributed by atoms with van der Waals surface area (Å²) in [5.74, 6) is 0. The van der Waals surface area contributed by atoms with E-state index in [1.807, 2.05) is 0 Å². The molecule has 1 saturated heterocycles. The third kappa shape index (κ3) is 1.13. The van der Waals surface area contributed by atoms with Gasteiger partial charge in [-0.1, -0.05) is 12.2 Å². The Morgan fingerprint density at radius 3 is 2.22 bits per heavy atom. The van der Waals surface area contributed by atoms with Crippen LogP contribution in [0.15, 0.2) is 12.2 Å². The van der Waals surface area contributed by atoms with Crippen LogP contribution in [0.4, 0.5) is 0 Å². The fraction of sp³-hybridized carbons (Fsp3) is 0.667. The number of rotatable bonds is 0. The molecule has 2 unspecified atom stereocenters. The maximum absolute atomic E-state index is 5.18. The Bertz CT molecular complexity index is 121. The highest BCUT2D eigenvalue weighted by molar-refractivity contribution is 4.94. The molecular weight excluding hydrogens is 116 g/mol. The zero-order chi connectivity index (χ0) is 6.10. The molecule has 2 rings (SSSR count). The number of ether oxygens (including phenoxy) is 1. The second-order valence-electron chi connectivity index (χ2n) is 2.27. The van der Waals surface area contributed by atoms with Gasteiger partial charge in [-0.2, -0.15) is 0 Å². The van der Waals surface area contributed by atoms with Crippen molar-refractivity contribution in [2.45, 2.75) is 12.5 Å². The van der Waals surface area contributed by atoms with E-state index in [4.69, 9.17) is 4.74 Å². The van der Waals surface area contributed by atoms with Crippen LogP contribution in [0.5, 0.6) is 0 Å². The van der Waals surface area contributed by atoms with Crippen molar-refractivity contribution in [3.05, 3.63) is 12.2 Å². The van der Waals surface area contributed by atoms with Crippen LogP contribution in [0.25, 0.3) is 0 Å². The topological polar surface area (TPSA) is 36.6 Å². The molecule has 0 amide bonds. The summed E-state index contributed by atoms with van der Waals surface area (Å²) in [6.07, 6.45) is 4.75. The standard InChI is InChI=1S/C6H10N2O/c1-2-4-8-6-5(9-6)7-3-1/h1-2,5-8H,3-4H2/b2-1-. The summed E-state index contributed by atoms with van der Waals surface area (Å²) < 4.78 is 5.18. The second kappa shape index (κ2) is 2.10. The molecule has 50 valence electrons. The molecule has 2 heterocycles. The van der Waals surface area contributed by atoms with Crippen molar-refractivity contribution < 1.29 is 4.74 Å². The lowest BCUT2D eigenvalue weighted by Crippen LogP contribution is -2.29. The minimum Gasteiger partial charge on any atom is -0.337 e.